The number of hydrogen-bond donors (Lipinski definition) is 2. The summed E-state index contributed by atoms with van der Waals surface area (Å²) in [6, 6.07) is 14.5. The monoisotopic (exact) mass is 564 g/mol. The summed E-state index contributed by atoms with van der Waals surface area (Å²) < 4.78 is 41.0. The molecule has 0 unspecified atom stereocenters. The van der Waals surface area contributed by atoms with Gasteiger partial charge in [-0.05, 0) is 28.8 Å². The molecule has 0 aromatic heterocycles. The van der Waals surface area contributed by atoms with Crippen LogP contribution >= 0.6 is 24.0 Å². The van der Waals surface area contributed by atoms with Crippen LogP contribution < -0.4 is 10.6 Å². The number of carbonyl (C=O) groups excluding carboxylic acids is 1. The molecule has 32 heavy (non-hydrogen) atoms. The third-order valence-corrected chi connectivity index (χ3v) is 4.31. The largest absolute Gasteiger partial charge is 0.411 e. The van der Waals surface area contributed by atoms with Gasteiger partial charge in [0.05, 0.1) is 6.61 Å². The van der Waals surface area contributed by atoms with Crippen LogP contribution in [-0.4, -0.2) is 50.7 Å². The van der Waals surface area contributed by atoms with Crippen LogP contribution in [0.15, 0.2) is 53.5 Å². The van der Waals surface area contributed by atoms with Crippen molar-refractivity contribution in [2.75, 3.05) is 27.7 Å². The first kappa shape index (κ1) is 27.7. The predicted molar refractivity (Wildman–Crippen MR) is 129 cm³/mol. The number of rotatable bonds is 8. The maximum Gasteiger partial charge on any atom is 0.411 e. The minimum atomic E-state index is -4.32. The minimum Gasteiger partial charge on any atom is -0.367 e. The highest BCUT2D eigenvalue weighted by Gasteiger charge is 2.27. The molecule has 0 spiro atoms. The molecule has 0 saturated heterocycles. The second kappa shape index (κ2) is 13.3. The number of guanidine groups is 1. The Morgan fingerprint density at radius 1 is 0.938 bits per heavy atom. The van der Waals surface area contributed by atoms with Crippen LogP contribution in [0.4, 0.5) is 13.2 Å². The van der Waals surface area contributed by atoms with Crippen molar-refractivity contribution in [3.63, 3.8) is 0 Å². The lowest BCUT2D eigenvalue weighted by Gasteiger charge is -2.13. The maximum atomic E-state index is 12.1. The summed E-state index contributed by atoms with van der Waals surface area (Å²) in [5.74, 6) is 0.556. The van der Waals surface area contributed by atoms with Crippen LogP contribution in [0.2, 0.25) is 0 Å². The van der Waals surface area contributed by atoms with E-state index in [4.69, 9.17) is 0 Å². The lowest BCUT2D eigenvalue weighted by Crippen LogP contribution is -2.36. The number of hydrogen-bond acceptors (Lipinski definition) is 3. The fourth-order valence-corrected chi connectivity index (χ4v) is 2.65. The number of halogens is 4. The molecule has 0 radical (unpaired) electrons. The van der Waals surface area contributed by atoms with Crippen molar-refractivity contribution in [1.82, 2.24) is 15.5 Å². The SMILES string of the molecule is CN=C(NCc1ccc(COCC(F)(F)F)cc1)NCc1ccc(C(=O)N(C)C)cc1.I. The molecule has 0 saturated carbocycles. The van der Waals surface area contributed by atoms with Gasteiger partial charge in [0, 0.05) is 39.8 Å². The van der Waals surface area contributed by atoms with Gasteiger partial charge < -0.3 is 20.3 Å². The molecule has 2 rings (SSSR count). The first-order chi connectivity index (χ1) is 14.7. The van der Waals surface area contributed by atoms with Crippen molar-refractivity contribution >= 4 is 35.8 Å². The van der Waals surface area contributed by atoms with Gasteiger partial charge in [0.2, 0.25) is 0 Å². The Bertz CT molecular complexity index is 870. The fourth-order valence-electron chi connectivity index (χ4n) is 2.65. The van der Waals surface area contributed by atoms with E-state index in [9.17, 15) is 18.0 Å². The Kier molecular flexibility index (Phi) is 11.5. The molecule has 0 fully saturated rings. The van der Waals surface area contributed by atoms with E-state index in [2.05, 4.69) is 20.4 Å². The summed E-state index contributed by atoms with van der Waals surface area (Å²) in [6.45, 7) is -0.312. The number of alkyl halides is 3. The average Bonchev–Trinajstić information content (AvgIpc) is 2.74. The van der Waals surface area contributed by atoms with Gasteiger partial charge in [-0.3, -0.25) is 9.79 Å². The van der Waals surface area contributed by atoms with E-state index in [0.29, 0.717) is 30.2 Å². The van der Waals surface area contributed by atoms with Gasteiger partial charge in [0.25, 0.3) is 5.91 Å². The zero-order valence-electron chi connectivity index (χ0n) is 18.2. The Balaban J connectivity index is 0.00000512. The van der Waals surface area contributed by atoms with E-state index >= 15 is 0 Å². The smallest absolute Gasteiger partial charge is 0.367 e. The van der Waals surface area contributed by atoms with Crippen LogP contribution in [0.5, 0.6) is 0 Å². The van der Waals surface area contributed by atoms with Gasteiger partial charge in [-0.15, -0.1) is 24.0 Å². The van der Waals surface area contributed by atoms with E-state index < -0.39 is 12.8 Å². The van der Waals surface area contributed by atoms with Gasteiger partial charge >= 0.3 is 6.18 Å². The highest BCUT2D eigenvalue weighted by atomic mass is 127. The molecule has 1 amide bonds. The quantitative estimate of drug-likeness (QED) is 0.290. The zero-order valence-corrected chi connectivity index (χ0v) is 20.5. The van der Waals surface area contributed by atoms with Crippen molar-refractivity contribution in [2.45, 2.75) is 25.9 Å². The van der Waals surface area contributed by atoms with E-state index in [1.807, 2.05) is 24.3 Å². The summed E-state index contributed by atoms with van der Waals surface area (Å²) in [6.07, 6.45) is -4.32. The Morgan fingerprint density at radius 3 is 1.84 bits per heavy atom. The summed E-state index contributed by atoms with van der Waals surface area (Å²) in [5.41, 5.74) is 3.26. The van der Waals surface area contributed by atoms with Crippen LogP contribution in [0, 0.1) is 0 Å². The average molecular weight is 564 g/mol. The van der Waals surface area contributed by atoms with Gasteiger partial charge in [-0.1, -0.05) is 36.4 Å². The van der Waals surface area contributed by atoms with Gasteiger partial charge in [0.1, 0.15) is 6.61 Å². The van der Waals surface area contributed by atoms with Crippen LogP contribution in [0.25, 0.3) is 0 Å². The number of benzene rings is 2. The van der Waals surface area contributed by atoms with E-state index in [1.54, 1.807) is 45.4 Å². The fraction of sp³-hybridized carbons (Fsp3) is 0.364. The van der Waals surface area contributed by atoms with Crippen molar-refractivity contribution in [1.29, 1.82) is 0 Å². The number of nitrogens with one attached hydrogen (secondary N) is 2. The van der Waals surface area contributed by atoms with Gasteiger partial charge in [-0.2, -0.15) is 13.2 Å². The molecule has 0 aliphatic heterocycles. The molecule has 176 valence electrons. The van der Waals surface area contributed by atoms with E-state index in [1.165, 1.54) is 4.90 Å². The third-order valence-electron chi connectivity index (χ3n) is 4.31. The number of ether oxygens (including phenoxy) is 1. The first-order valence-electron chi connectivity index (χ1n) is 9.65. The molecule has 0 aliphatic carbocycles. The van der Waals surface area contributed by atoms with E-state index in [-0.39, 0.29) is 36.5 Å². The molecule has 0 aliphatic rings. The van der Waals surface area contributed by atoms with E-state index in [0.717, 1.165) is 11.1 Å². The molecule has 6 nitrogen and oxygen atoms in total. The summed E-state index contributed by atoms with van der Waals surface area (Å²) in [4.78, 5) is 17.6. The molecule has 2 aromatic rings. The van der Waals surface area contributed by atoms with Crippen LogP contribution in [0.1, 0.15) is 27.0 Å². The second-order valence-corrected chi connectivity index (χ2v) is 7.10. The maximum absolute atomic E-state index is 12.1. The van der Waals surface area contributed by atoms with Crippen molar-refractivity contribution in [3.05, 3.63) is 70.8 Å². The summed E-state index contributed by atoms with van der Waals surface area (Å²) in [7, 11) is 5.08. The van der Waals surface area contributed by atoms with Gasteiger partial charge in [-0.25, -0.2) is 0 Å². The summed E-state index contributed by atoms with van der Waals surface area (Å²) >= 11 is 0. The molecule has 0 bridgehead atoms. The first-order valence-corrected chi connectivity index (χ1v) is 9.65. The molecule has 0 atom stereocenters. The lowest BCUT2D eigenvalue weighted by atomic mass is 10.1. The van der Waals surface area contributed by atoms with Crippen molar-refractivity contribution in [2.24, 2.45) is 4.99 Å². The normalized spacial score (nSPS) is 11.5. The Morgan fingerprint density at radius 2 is 1.41 bits per heavy atom. The van der Waals surface area contributed by atoms with Crippen LogP contribution in [-0.2, 0) is 24.4 Å². The molecule has 2 N–H and O–H groups in total. The molecule has 0 heterocycles. The number of nitrogens with zero attached hydrogens (tertiary/aromatic N) is 2. The van der Waals surface area contributed by atoms with Crippen molar-refractivity contribution < 1.29 is 22.7 Å². The predicted octanol–water partition coefficient (Wildman–Crippen LogP) is 3.95. The molecule has 2 aromatic carbocycles. The summed E-state index contributed by atoms with van der Waals surface area (Å²) in [5, 5.41) is 6.38. The molecular formula is C22H28F3IN4O2. The van der Waals surface area contributed by atoms with Crippen LogP contribution in [0.3, 0.4) is 0 Å². The third kappa shape index (κ3) is 9.86. The lowest BCUT2D eigenvalue weighted by molar-refractivity contribution is -0.176. The highest BCUT2D eigenvalue weighted by molar-refractivity contribution is 14.0. The topological polar surface area (TPSA) is 66.0 Å². The highest BCUT2D eigenvalue weighted by Crippen LogP contribution is 2.16. The number of amides is 1. The molecule has 10 heteroatoms. The van der Waals surface area contributed by atoms with Gasteiger partial charge in [0.15, 0.2) is 5.96 Å². The zero-order chi connectivity index (χ0) is 22.9. The van der Waals surface area contributed by atoms with Crippen molar-refractivity contribution in [3.8, 4) is 0 Å². The molecular weight excluding hydrogens is 536 g/mol. The Hall–Kier alpha value is -2.34. The second-order valence-electron chi connectivity index (χ2n) is 7.10. The minimum absolute atomic E-state index is 0. The number of carbonyl (C=O) groups is 1. The Labute approximate surface area is 203 Å². The number of aliphatic imine (C=N–C) groups is 1. The standard InChI is InChI=1S/C22H27F3N4O2.HI/c1-26-21(28-13-17-8-10-19(11-9-17)20(30)29(2)3)27-12-16-4-6-18(7-5-16)14-31-15-22(23,24)25;/h4-11H,12-15H2,1-3H3,(H2,26,27,28);1H.